The molecule has 2 aromatic rings. The monoisotopic (exact) mass is 276 g/mol. The van der Waals surface area contributed by atoms with E-state index in [4.69, 9.17) is 10.8 Å². The Labute approximate surface area is 115 Å². The number of fused-ring (bicyclic) bond motifs is 1. The van der Waals surface area contributed by atoms with E-state index >= 15 is 0 Å². The summed E-state index contributed by atoms with van der Waals surface area (Å²) in [5, 5.41) is 18.9. The van der Waals surface area contributed by atoms with Gasteiger partial charge in [0.1, 0.15) is 0 Å². The molecule has 0 aliphatic carbocycles. The minimum Gasteiger partial charge on any atom is -0.478 e. The standard InChI is InChI=1S/C14H16N2O4/c1-14(2,7-15)10-6-16(13(19)20)11-4-3-8(12(17)18)5-9(10)11/h3-6H,7,15H2,1-2H3,(H,17,18)(H,19,20). The van der Waals surface area contributed by atoms with Crippen LogP contribution < -0.4 is 5.73 Å². The number of aromatic carboxylic acids is 1. The minimum absolute atomic E-state index is 0.120. The van der Waals surface area contributed by atoms with Gasteiger partial charge in [-0.25, -0.2) is 9.59 Å². The van der Waals surface area contributed by atoms with Crippen molar-refractivity contribution >= 4 is 23.0 Å². The van der Waals surface area contributed by atoms with Crippen molar-refractivity contribution in [2.24, 2.45) is 5.73 Å². The molecule has 6 heteroatoms. The van der Waals surface area contributed by atoms with Crippen molar-refractivity contribution in [3.05, 3.63) is 35.5 Å². The third-order valence-electron chi connectivity index (χ3n) is 3.50. The lowest BCUT2D eigenvalue weighted by Gasteiger charge is -2.21. The first kappa shape index (κ1) is 14.1. The van der Waals surface area contributed by atoms with Gasteiger partial charge >= 0.3 is 12.1 Å². The summed E-state index contributed by atoms with van der Waals surface area (Å²) in [6, 6.07) is 4.39. The molecule has 0 saturated carbocycles. The second-order valence-electron chi connectivity index (χ2n) is 5.32. The highest BCUT2D eigenvalue weighted by Crippen LogP contribution is 2.32. The SMILES string of the molecule is CC(C)(CN)c1cn(C(=O)O)c2ccc(C(=O)O)cc12. The van der Waals surface area contributed by atoms with Crippen molar-refractivity contribution in [1.29, 1.82) is 0 Å². The molecule has 0 unspecified atom stereocenters. The topological polar surface area (TPSA) is 106 Å². The molecule has 2 rings (SSSR count). The number of benzene rings is 1. The third kappa shape index (κ3) is 2.14. The number of carboxylic acid groups (broad SMARTS) is 2. The Hall–Kier alpha value is -2.34. The number of nitrogens with two attached hydrogens (primary N) is 1. The van der Waals surface area contributed by atoms with Crippen molar-refractivity contribution in [2.75, 3.05) is 6.54 Å². The van der Waals surface area contributed by atoms with Crippen LogP contribution in [-0.4, -0.2) is 33.4 Å². The van der Waals surface area contributed by atoms with Crippen molar-refractivity contribution in [3.63, 3.8) is 0 Å². The van der Waals surface area contributed by atoms with Gasteiger partial charge in [-0.3, -0.25) is 4.57 Å². The second kappa shape index (κ2) is 4.64. The number of hydrogen-bond donors (Lipinski definition) is 3. The smallest absolute Gasteiger partial charge is 0.416 e. The first-order chi connectivity index (χ1) is 9.27. The summed E-state index contributed by atoms with van der Waals surface area (Å²) < 4.78 is 1.09. The molecule has 0 saturated heterocycles. The fourth-order valence-electron chi connectivity index (χ4n) is 2.17. The molecule has 0 aliphatic heterocycles. The maximum Gasteiger partial charge on any atom is 0.416 e. The largest absolute Gasteiger partial charge is 0.478 e. The molecular weight excluding hydrogens is 260 g/mol. The highest BCUT2D eigenvalue weighted by molar-refractivity contribution is 5.98. The summed E-state index contributed by atoms with van der Waals surface area (Å²) in [6.07, 6.45) is 0.392. The van der Waals surface area contributed by atoms with Crippen LogP contribution in [0, 0.1) is 0 Å². The van der Waals surface area contributed by atoms with Crippen LogP contribution in [0.1, 0.15) is 29.8 Å². The molecular formula is C14H16N2O4. The average molecular weight is 276 g/mol. The molecule has 106 valence electrons. The number of carboxylic acids is 1. The molecule has 0 fully saturated rings. The van der Waals surface area contributed by atoms with E-state index in [0.717, 1.165) is 10.1 Å². The molecule has 1 heterocycles. The Kier molecular flexibility index (Phi) is 3.27. The van der Waals surface area contributed by atoms with Crippen LogP contribution in [0.2, 0.25) is 0 Å². The molecule has 1 aromatic carbocycles. The number of aromatic nitrogens is 1. The molecule has 4 N–H and O–H groups in total. The van der Waals surface area contributed by atoms with E-state index < -0.39 is 17.5 Å². The zero-order valence-electron chi connectivity index (χ0n) is 11.3. The first-order valence-corrected chi connectivity index (χ1v) is 6.10. The molecule has 0 spiro atoms. The number of carbonyl (C=O) groups is 2. The molecule has 0 aliphatic rings. The summed E-state index contributed by atoms with van der Waals surface area (Å²) in [4.78, 5) is 22.3. The van der Waals surface area contributed by atoms with E-state index in [1.54, 1.807) is 0 Å². The highest BCUT2D eigenvalue weighted by Gasteiger charge is 2.25. The summed E-state index contributed by atoms with van der Waals surface area (Å²) in [5.74, 6) is -1.05. The Balaban J connectivity index is 2.82. The molecule has 6 nitrogen and oxygen atoms in total. The van der Waals surface area contributed by atoms with Crippen LogP contribution in [0.25, 0.3) is 10.9 Å². The summed E-state index contributed by atoms with van der Waals surface area (Å²) in [7, 11) is 0. The van der Waals surface area contributed by atoms with Gasteiger partial charge in [0.25, 0.3) is 0 Å². The summed E-state index contributed by atoms with van der Waals surface area (Å²) >= 11 is 0. The Bertz CT molecular complexity index is 701. The Morgan fingerprint density at radius 2 is 1.95 bits per heavy atom. The molecule has 0 radical (unpaired) electrons. The lowest BCUT2D eigenvalue weighted by molar-refractivity contribution is 0.0697. The maximum absolute atomic E-state index is 11.3. The van der Waals surface area contributed by atoms with Crippen molar-refractivity contribution in [3.8, 4) is 0 Å². The van der Waals surface area contributed by atoms with Crippen LogP contribution in [0.15, 0.2) is 24.4 Å². The Morgan fingerprint density at radius 3 is 2.45 bits per heavy atom. The van der Waals surface area contributed by atoms with E-state index in [1.807, 2.05) is 13.8 Å². The van der Waals surface area contributed by atoms with E-state index in [2.05, 4.69) is 0 Å². The number of hydrogen-bond acceptors (Lipinski definition) is 3. The molecule has 0 bridgehead atoms. The second-order valence-corrected chi connectivity index (χ2v) is 5.32. The highest BCUT2D eigenvalue weighted by atomic mass is 16.4. The zero-order chi connectivity index (χ0) is 15.1. The lowest BCUT2D eigenvalue weighted by Crippen LogP contribution is -2.28. The first-order valence-electron chi connectivity index (χ1n) is 6.10. The maximum atomic E-state index is 11.3. The average Bonchev–Trinajstić information content (AvgIpc) is 2.77. The van der Waals surface area contributed by atoms with Crippen molar-refractivity contribution in [1.82, 2.24) is 4.57 Å². The zero-order valence-corrected chi connectivity index (χ0v) is 11.3. The molecule has 0 amide bonds. The predicted molar refractivity (Wildman–Crippen MR) is 74.4 cm³/mol. The quantitative estimate of drug-likeness (QED) is 0.796. The van der Waals surface area contributed by atoms with E-state index in [-0.39, 0.29) is 5.56 Å². The summed E-state index contributed by atoms with van der Waals surface area (Å²) in [5.41, 5.74) is 6.59. The number of rotatable bonds is 3. The predicted octanol–water partition coefficient (Wildman–Crippen LogP) is 2.10. The van der Waals surface area contributed by atoms with Crippen molar-refractivity contribution < 1.29 is 19.8 Å². The van der Waals surface area contributed by atoms with Crippen LogP contribution in [0.3, 0.4) is 0 Å². The molecule has 20 heavy (non-hydrogen) atoms. The van der Waals surface area contributed by atoms with Gasteiger partial charge in [-0.2, -0.15) is 0 Å². The van der Waals surface area contributed by atoms with Gasteiger partial charge in [0.15, 0.2) is 0 Å². The lowest BCUT2D eigenvalue weighted by atomic mass is 9.84. The summed E-state index contributed by atoms with van der Waals surface area (Å²) in [6.45, 7) is 4.10. The molecule has 1 aromatic heterocycles. The van der Waals surface area contributed by atoms with Crippen LogP contribution >= 0.6 is 0 Å². The normalized spacial score (nSPS) is 11.8. The van der Waals surface area contributed by atoms with E-state index in [0.29, 0.717) is 17.4 Å². The fraction of sp³-hybridized carbons (Fsp3) is 0.286. The Morgan fingerprint density at radius 1 is 1.30 bits per heavy atom. The van der Waals surface area contributed by atoms with Gasteiger partial charge in [-0.05, 0) is 23.8 Å². The van der Waals surface area contributed by atoms with Crippen LogP contribution in [0.4, 0.5) is 4.79 Å². The van der Waals surface area contributed by atoms with E-state index in [9.17, 15) is 14.7 Å². The van der Waals surface area contributed by atoms with Crippen molar-refractivity contribution in [2.45, 2.75) is 19.3 Å². The van der Waals surface area contributed by atoms with Gasteiger partial charge in [0.05, 0.1) is 11.1 Å². The fourth-order valence-corrected chi connectivity index (χ4v) is 2.17. The van der Waals surface area contributed by atoms with Gasteiger partial charge in [0, 0.05) is 23.5 Å². The third-order valence-corrected chi connectivity index (χ3v) is 3.50. The van der Waals surface area contributed by atoms with E-state index in [1.165, 1.54) is 24.4 Å². The van der Waals surface area contributed by atoms with Gasteiger partial charge in [0.2, 0.25) is 0 Å². The number of nitrogens with zero attached hydrogens (tertiary/aromatic N) is 1. The minimum atomic E-state index is -1.11. The van der Waals surface area contributed by atoms with Gasteiger partial charge in [-0.15, -0.1) is 0 Å². The van der Waals surface area contributed by atoms with Crippen LogP contribution in [0.5, 0.6) is 0 Å². The van der Waals surface area contributed by atoms with Crippen LogP contribution in [-0.2, 0) is 5.41 Å². The molecule has 0 atom stereocenters. The van der Waals surface area contributed by atoms with Gasteiger partial charge < -0.3 is 15.9 Å². The van der Waals surface area contributed by atoms with Gasteiger partial charge in [-0.1, -0.05) is 13.8 Å².